The summed E-state index contributed by atoms with van der Waals surface area (Å²) in [4.78, 5) is 10.2. The molecule has 1 rings (SSSR count). The van der Waals surface area contributed by atoms with Crippen molar-refractivity contribution in [3.8, 4) is 0 Å². The largest absolute Gasteiger partial charge is 0.303 e. The van der Waals surface area contributed by atoms with E-state index < -0.39 is 0 Å². The second-order valence-corrected chi connectivity index (χ2v) is 4.49. The molecular weight excluding hydrogens is 172 g/mol. The van der Waals surface area contributed by atoms with Crippen molar-refractivity contribution in [3.05, 3.63) is 11.6 Å². The molecule has 0 bridgehead atoms. The van der Waals surface area contributed by atoms with Crippen LogP contribution in [0.25, 0.3) is 0 Å². The zero-order valence-electron chi connectivity index (χ0n) is 9.46. The lowest BCUT2D eigenvalue weighted by molar-refractivity contribution is -0.107. The number of carbonyl (C=O) groups excluding carboxylic acids is 1. The maximum atomic E-state index is 10.2. The lowest BCUT2D eigenvalue weighted by atomic mass is 9.80. The second-order valence-electron chi connectivity index (χ2n) is 4.49. The molecule has 0 aromatic heterocycles. The second kappa shape index (κ2) is 6.00. The van der Waals surface area contributed by atoms with E-state index >= 15 is 0 Å². The van der Waals surface area contributed by atoms with Gasteiger partial charge in [0, 0.05) is 6.42 Å². The average Bonchev–Trinajstić information content (AvgIpc) is 2.26. The van der Waals surface area contributed by atoms with Gasteiger partial charge in [-0.3, -0.25) is 0 Å². The number of allylic oxidation sites excluding steroid dienone is 2. The summed E-state index contributed by atoms with van der Waals surface area (Å²) in [6.07, 6.45) is 10.2. The molecule has 2 unspecified atom stereocenters. The van der Waals surface area contributed by atoms with Crippen LogP contribution in [-0.2, 0) is 4.79 Å². The highest BCUT2D eigenvalue weighted by molar-refractivity contribution is 5.49. The van der Waals surface area contributed by atoms with Crippen molar-refractivity contribution in [3.63, 3.8) is 0 Å². The quantitative estimate of drug-likeness (QED) is 0.481. The molecule has 0 aromatic rings. The van der Waals surface area contributed by atoms with Crippen molar-refractivity contribution >= 4 is 6.29 Å². The van der Waals surface area contributed by atoms with Crippen molar-refractivity contribution in [2.75, 3.05) is 0 Å². The van der Waals surface area contributed by atoms with Gasteiger partial charge in [0.2, 0.25) is 0 Å². The lowest BCUT2D eigenvalue weighted by Crippen LogP contribution is -2.14. The van der Waals surface area contributed by atoms with E-state index in [1.807, 2.05) is 0 Å². The Morgan fingerprint density at radius 2 is 2.43 bits per heavy atom. The van der Waals surface area contributed by atoms with Crippen LogP contribution in [0.15, 0.2) is 11.6 Å². The van der Waals surface area contributed by atoms with E-state index in [2.05, 4.69) is 19.9 Å². The molecule has 2 atom stereocenters. The minimum atomic E-state index is 0.708. The maximum Gasteiger partial charge on any atom is 0.120 e. The average molecular weight is 194 g/mol. The van der Waals surface area contributed by atoms with E-state index in [1.165, 1.54) is 31.3 Å². The summed E-state index contributed by atoms with van der Waals surface area (Å²) in [6, 6.07) is 0. The minimum absolute atomic E-state index is 0.708. The van der Waals surface area contributed by atoms with Crippen LogP contribution in [-0.4, -0.2) is 6.29 Å². The Morgan fingerprint density at radius 1 is 1.64 bits per heavy atom. The highest BCUT2D eigenvalue weighted by Crippen LogP contribution is 2.32. The number of hydrogen-bond donors (Lipinski definition) is 0. The molecule has 0 saturated carbocycles. The van der Waals surface area contributed by atoms with Crippen molar-refractivity contribution in [1.82, 2.24) is 0 Å². The molecule has 0 aliphatic heterocycles. The molecule has 1 aliphatic rings. The van der Waals surface area contributed by atoms with E-state index in [-0.39, 0.29) is 0 Å². The molecule has 0 aromatic carbocycles. The maximum absolute atomic E-state index is 10.2. The van der Waals surface area contributed by atoms with Gasteiger partial charge in [-0.1, -0.05) is 31.9 Å². The van der Waals surface area contributed by atoms with E-state index in [9.17, 15) is 4.79 Å². The van der Waals surface area contributed by atoms with Gasteiger partial charge in [0.25, 0.3) is 0 Å². The lowest BCUT2D eigenvalue weighted by Gasteiger charge is -2.26. The van der Waals surface area contributed by atoms with Crippen molar-refractivity contribution in [2.45, 2.75) is 52.4 Å². The fraction of sp³-hybridized carbons (Fsp3) is 0.769. The third-order valence-electron chi connectivity index (χ3n) is 3.58. The predicted octanol–water partition coefficient (Wildman–Crippen LogP) is 3.74. The Balaban J connectivity index is 2.34. The number of rotatable bonds is 5. The standard InChI is InChI=1S/C13H22O/c1-3-11(2)13-8-6-12(7-9-13)5-4-10-14/h6,10-11,13H,3-5,7-9H2,1-2H3. The molecule has 0 fully saturated rings. The molecule has 1 heteroatoms. The number of hydrogen-bond acceptors (Lipinski definition) is 1. The van der Waals surface area contributed by atoms with Crippen molar-refractivity contribution in [1.29, 1.82) is 0 Å². The summed E-state index contributed by atoms with van der Waals surface area (Å²) in [7, 11) is 0. The number of carbonyl (C=O) groups is 1. The first-order valence-corrected chi connectivity index (χ1v) is 5.89. The van der Waals surface area contributed by atoms with Crippen LogP contribution in [0.4, 0.5) is 0 Å². The third-order valence-corrected chi connectivity index (χ3v) is 3.58. The van der Waals surface area contributed by atoms with Gasteiger partial charge < -0.3 is 4.79 Å². The summed E-state index contributed by atoms with van der Waals surface area (Å²) in [6.45, 7) is 4.63. The zero-order chi connectivity index (χ0) is 10.4. The highest BCUT2D eigenvalue weighted by atomic mass is 16.1. The normalized spacial score (nSPS) is 24.1. The molecule has 1 aliphatic carbocycles. The minimum Gasteiger partial charge on any atom is -0.303 e. The van der Waals surface area contributed by atoms with Crippen molar-refractivity contribution in [2.24, 2.45) is 11.8 Å². The van der Waals surface area contributed by atoms with Crippen molar-refractivity contribution < 1.29 is 4.79 Å². The van der Waals surface area contributed by atoms with Gasteiger partial charge in [-0.05, 0) is 37.5 Å². The van der Waals surface area contributed by atoms with Crippen LogP contribution in [0.5, 0.6) is 0 Å². The van der Waals surface area contributed by atoms with Crippen LogP contribution in [0.2, 0.25) is 0 Å². The van der Waals surface area contributed by atoms with Gasteiger partial charge in [0.05, 0.1) is 0 Å². The monoisotopic (exact) mass is 194 g/mol. The van der Waals surface area contributed by atoms with Crippen LogP contribution >= 0.6 is 0 Å². The van der Waals surface area contributed by atoms with Crippen LogP contribution < -0.4 is 0 Å². The van der Waals surface area contributed by atoms with Gasteiger partial charge in [-0.2, -0.15) is 0 Å². The predicted molar refractivity (Wildman–Crippen MR) is 60.2 cm³/mol. The number of aldehydes is 1. The molecule has 80 valence electrons. The first kappa shape index (κ1) is 11.5. The zero-order valence-corrected chi connectivity index (χ0v) is 9.46. The smallest absolute Gasteiger partial charge is 0.120 e. The topological polar surface area (TPSA) is 17.1 Å². The molecule has 1 nitrogen and oxygen atoms in total. The summed E-state index contributed by atoms with van der Waals surface area (Å²) in [5.41, 5.74) is 1.51. The molecule has 0 spiro atoms. The third kappa shape index (κ3) is 3.28. The molecular formula is C13H22O. The summed E-state index contributed by atoms with van der Waals surface area (Å²) >= 11 is 0. The van der Waals surface area contributed by atoms with Crippen LogP contribution in [0.1, 0.15) is 52.4 Å². The van der Waals surface area contributed by atoms with Crippen LogP contribution in [0, 0.1) is 11.8 Å². The summed E-state index contributed by atoms with van der Waals surface area (Å²) in [5, 5.41) is 0. The Bertz CT molecular complexity index is 205. The molecule has 0 saturated heterocycles. The van der Waals surface area contributed by atoms with Gasteiger partial charge in [0.15, 0.2) is 0 Å². The Morgan fingerprint density at radius 3 is 2.93 bits per heavy atom. The van der Waals surface area contributed by atoms with Crippen LogP contribution in [0.3, 0.4) is 0 Å². The fourth-order valence-corrected chi connectivity index (χ4v) is 2.23. The Hall–Kier alpha value is -0.590. The summed E-state index contributed by atoms with van der Waals surface area (Å²) < 4.78 is 0. The Kier molecular flexibility index (Phi) is 4.92. The molecule has 14 heavy (non-hydrogen) atoms. The SMILES string of the molecule is CCC(C)C1CC=C(CCC=O)CC1. The first-order valence-electron chi connectivity index (χ1n) is 5.89. The molecule has 0 radical (unpaired) electrons. The van der Waals surface area contributed by atoms with E-state index in [0.29, 0.717) is 6.42 Å². The van der Waals surface area contributed by atoms with E-state index in [0.717, 1.165) is 24.5 Å². The summed E-state index contributed by atoms with van der Waals surface area (Å²) in [5.74, 6) is 1.75. The van der Waals surface area contributed by atoms with Gasteiger partial charge in [-0.25, -0.2) is 0 Å². The molecule has 0 N–H and O–H groups in total. The van der Waals surface area contributed by atoms with Gasteiger partial charge >= 0.3 is 0 Å². The van der Waals surface area contributed by atoms with Gasteiger partial charge in [-0.15, -0.1) is 0 Å². The fourth-order valence-electron chi connectivity index (χ4n) is 2.23. The van der Waals surface area contributed by atoms with Gasteiger partial charge in [0.1, 0.15) is 6.29 Å². The molecule has 0 amide bonds. The van der Waals surface area contributed by atoms with E-state index in [1.54, 1.807) is 0 Å². The molecule has 0 heterocycles. The van der Waals surface area contributed by atoms with E-state index in [4.69, 9.17) is 0 Å². The first-order chi connectivity index (χ1) is 6.77. The Labute approximate surface area is 87.6 Å². The highest BCUT2D eigenvalue weighted by Gasteiger charge is 2.18.